The van der Waals surface area contributed by atoms with Gasteiger partial charge < -0.3 is 15.5 Å². The van der Waals surface area contributed by atoms with Gasteiger partial charge in [0.25, 0.3) is 11.5 Å². The number of aromatic nitrogens is 6. The molecular weight excluding hydrogens is 580 g/mol. The van der Waals surface area contributed by atoms with Crippen molar-refractivity contribution in [2.24, 2.45) is 11.7 Å². The lowest BCUT2D eigenvalue weighted by atomic mass is 9.91. The predicted octanol–water partition coefficient (Wildman–Crippen LogP) is 0.291. The lowest BCUT2D eigenvalue weighted by Gasteiger charge is -2.43. The molecule has 2 aromatic heterocycles. The molecule has 0 aliphatic carbocycles. The highest BCUT2D eigenvalue weighted by Crippen LogP contribution is 2.31. The Balaban J connectivity index is 0.954. The smallest absolute Gasteiger partial charge is 0.278 e. The van der Waals surface area contributed by atoms with E-state index in [0.717, 1.165) is 34.6 Å². The lowest BCUT2D eigenvalue weighted by Crippen LogP contribution is -2.55. The van der Waals surface area contributed by atoms with E-state index in [1.807, 2.05) is 22.1 Å². The number of nitrogens with two attached hydrogens (primary N) is 1. The third kappa shape index (κ3) is 5.30. The molecule has 2 aromatic carbocycles. The Morgan fingerprint density at radius 1 is 0.889 bits per heavy atom. The minimum atomic E-state index is -0.889. The Morgan fingerprint density at radius 3 is 2.33 bits per heavy atom. The number of hydrogen-bond donors (Lipinski definition) is 2. The topological polar surface area (TPSA) is 191 Å². The van der Waals surface area contributed by atoms with Gasteiger partial charge in [0.2, 0.25) is 17.7 Å². The molecule has 4 aromatic rings. The number of hydrogen-bond acceptors (Lipinski definition) is 10. The van der Waals surface area contributed by atoms with Crippen LogP contribution in [-0.2, 0) is 14.4 Å². The number of benzene rings is 2. The fourth-order valence-corrected chi connectivity index (χ4v) is 6.23. The Hall–Kier alpha value is -5.47. The first kappa shape index (κ1) is 28.3. The number of piperidine rings is 2. The van der Waals surface area contributed by atoms with Crippen molar-refractivity contribution in [1.82, 2.24) is 40.2 Å². The maximum absolute atomic E-state index is 13.3. The van der Waals surface area contributed by atoms with Crippen molar-refractivity contribution in [1.29, 1.82) is 0 Å². The standard InChI is InChI=1S/C30H30N10O5/c31-27(42)18-1-3-20(4-2-18)39-16-24(34-35-39)17-9-11-37(12-10-17)29(44)19-14-38(15-19)21-5-6-23-22(13-21)30(45)40(36-33-23)25-7-8-26(41)32-28(25)43/h1-6,13,16-17,19,25H,7-12,14-15H2,(H2,31,42)(H,32,41,43). The van der Waals surface area contributed by atoms with Crippen LogP contribution >= 0.6 is 0 Å². The van der Waals surface area contributed by atoms with E-state index in [1.165, 1.54) is 0 Å². The Morgan fingerprint density at radius 2 is 1.62 bits per heavy atom. The zero-order chi connectivity index (χ0) is 31.2. The third-order valence-corrected chi connectivity index (χ3v) is 8.92. The van der Waals surface area contributed by atoms with Crippen molar-refractivity contribution in [3.05, 3.63) is 70.3 Å². The molecule has 0 saturated carbocycles. The summed E-state index contributed by atoms with van der Waals surface area (Å²) in [6.45, 7) is 2.34. The van der Waals surface area contributed by atoms with Crippen molar-refractivity contribution < 1.29 is 19.2 Å². The molecule has 0 spiro atoms. The molecule has 3 aliphatic heterocycles. The molecule has 3 fully saturated rings. The first-order chi connectivity index (χ1) is 21.7. The van der Waals surface area contributed by atoms with Crippen molar-refractivity contribution in [2.75, 3.05) is 31.1 Å². The van der Waals surface area contributed by atoms with Gasteiger partial charge in [-0.15, -0.1) is 10.2 Å². The van der Waals surface area contributed by atoms with Gasteiger partial charge in [-0.1, -0.05) is 10.4 Å². The number of carbonyl (C=O) groups excluding carboxylic acids is 4. The van der Waals surface area contributed by atoms with Crippen LogP contribution < -0.4 is 21.5 Å². The van der Waals surface area contributed by atoms with Crippen LogP contribution in [0.3, 0.4) is 0 Å². The molecule has 0 radical (unpaired) electrons. The molecule has 1 unspecified atom stereocenters. The Kier molecular flexibility index (Phi) is 7.06. The quantitative estimate of drug-likeness (QED) is 0.287. The molecular formula is C30H30N10O5. The van der Waals surface area contributed by atoms with Crippen molar-refractivity contribution in [3.8, 4) is 5.69 Å². The van der Waals surface area contributed by atoms with Gasteiger partial charge in [0.15, 0.2) is 0 Å². The summed E-state index contributed by atoms with van der Waals surface area (Å²) >= 11 is 0. The number of likely N-dealkylation sites (tertiary alicyclic amines) is 1. The maximum atomic E-state index is 13.3. The van der Waals surface area contributed by atoms with Crippen LogP contribution in [0.5, 0.6) is 0 Å². The fourth-order valence-electron chi connectivity index (χ4n) is 6.23. The molecule has 15 nitrogen and oxygen atoms in total. The molecule has 1 atom stereocenters. The van der Waals surface area contributed by atoms with Gasteiger partial charge in [0.1, 0.15) is 11.6 Å². The molecule has 15 heteroatoms. The van der Waals surface area contributed by atoms with Crippen molar-refractivity contribution in [3.63, 3.8) is 0 Å². The number of nitrogens with zero attached hydrogens (tertiary/aromatic N) is 8. The normalized spacial score (nSPS) is 19.4. The number of imide groups is 1. The van der Waals surface area contributed by atoms with E-state index in [9.17, 15) is 24.0 Å². The number of rotatable bonds is 6. The van der Waals surface area contributed by atoms with Crippen LogP contribution in [0.15, 0.2) is 53.5 Å². The molecule has 3 aliphatic rings. The third-order valence-electron chi connectivity index (χ3n) is 8.92. The zero-order valence-electron chi connectivity index (χ0n) is 24.2. The number of amides is 4. The average Bonchev–Trinajstić information content (AvgIpc) is 3.52. The van der Waals surface area contributed by atoms with Crippen LogP contribution in [0, 0.1) is 5.92 Å². The van der Waals surface area contributed by atoms with Gasteiger partial charge in [-0.25, -0.2) is 4.68 Å². The number of primary amides is 1. The summed E-state index contributed by atoms with van der Waals surface area (Å²) in [7, 11) is 0. The first-order valence-electron chi connectivity index (χ1n) is 14.8. The van der Waals surface area contributed by atoms with Gasteiger partial charge in [0.05, 0.1) is 28.9 Å². The minimum absolute atomic E-state index is 0.120. The summed E-state index contributed by atoms with van der Waals surface area (Å²) in [5.74, 6) is -1.25. The Bertz CT molecular complexity index is 1890. The van der Waals surface area contributed by atoms with Crippen molar-refractivity contribution >= 4 is 40.2 Å². The highest BCUT2D eigenvalue weighted by molar-refractivity contribution is 5.99. The second-order valence-corrected chi connectivity index (χ2v) is 11.7. The molecule has 5 heterocycles. The largest absolute Gasteiger partial charge is 0.370 e. The van der Waals surface area contributed by atoms with Gasteiger partial charge >= 0.3 is 0 Å². The van der Waals surface area contributed by atoms with Gasteiger partial charge in [-0.05, 0) is 61.7 Å². The second-order valence-electron chi connectivity index (χ2n) is 11.7. The maximum Gasteiger partial charge on any atom is 0.278 e. The molecule has 0 bridgehead atoms. The van der Waals surface area contributed by atoms with E-state index in [-0.39, 0.29) is 36.5 Å². The van der Waals surface area contributed by atoms with Gasteiger partial charge in [0, 0.05) is 49.8 Å². The number of fused-ring (bicyclic) bond motifs is 1. The molecule has 4 amide bonds. The number of carbonyl (C=O) groups is 4. The molecule has 45 heavy (non-hydrogen) atoms. The zero-order valence-corrected chi connectivity index (χ0v) is 24.2. The van der Waals surface area contributed by atoms with Gasteiger partial charge in [-0.3, -0.25) is 29.3 Å². The summed E-state index contributed by atoms with van der Waals surface area (Å²) in [5.41, 5.74) is 8.14. The van der Waals surface area contributed by atoms with Crippen LogP contribution in [0.25, 0.3) is 16.6 Å². The van der Waals surface area contributed by atoms with E-state index in [0.29, 0.717) is 42.6 Å². The summed E-state index contributed by atoms with van der Waals surface area (Å²) < 4.78 is 2.72. The van der Waals surface area contributed by atoms with E-state index in [4.69, 9.17) is 5.73 Å². The number of anilines is 1. The molecule has 230 valence electrons. The SMILES string of the molecule is NC(=O)c1ccc(-n2cc(C3CCN(C(=O)C4CN(c5ccc6nnn(C7CCC(=O)NC7=O)c(=O)c6c5)C4)CC3)nn2)cc1. The van der Waals surface area contributed by atoms with E-state index in [2.05, 4.69) is 25.9 Å². The van der Waals surface area contributed by atoms with E-state index in [1.54, 1.807) is 41.1 Å². The summed E-state index contributed by atoms with van der Waals surface area (Å²) in [4.78, 5) is 65.7. The summed E-state index contributed by atoms with van der Waals surface area (Å²) in [6.07, 6.45) is 3.77. The van der Waals surface area contributed by atoms with E-state index >= 15 is 0 Å². The summed E-state index contributed by atoms with van der Waals surface area (Å²) in [5, 5.41) is 19.2. The van der Waals surface area contributed by atoms with Gasteiger partial charge in [-0.2, -0.15) is 4.68 Å². The highest BCUT2D eigenvalue weighted by atomic mass is 16.2. The second kappa shape index (κ2) is 11.2. The molecule has 3 N–H and O–H groups in total. The first-order valence-corrected chi connectivity index (χ1v) is 14.8. The Labute approximate surface area is 256 Å². The minimum Gasteiger partial charge on any atom is -0.370 e. The average molecular weight is 611 g/mol. The fraction of sp³-hybridized carbons (Fsp3) is 0.367. The van der Waals surface area contributed by atoms with Crippen molar-refractivity contribution in [2.45, 2.75) is 37.6 Å². The molecule has 7 rings (SSSR count). The predicted molar refractivity (Wildman–Crippen MR) is 159 cm³/mol. The number of nitrogens with one attached hydrogen (secondary N) is 1. The monoisotopic (exact) mass is 610 g/mol. The van der Waals surface area contributed by atoms with E-state index < -0.39 is 23.4 Å². The van der Waals surface area contributed by atoms with Crippen LogP contribution in [0.1, 0.15) is 53.7 Å². The lowest BCUT2D eigenvalue weighted by molar-refractivity contribution is -0.138. The highest BCUT2D eigenvalue weighted by Gasteiger charge is 2.37. The van der Waals surface area contributed by atoms with Crippen LogP contribution in [0.2, 0.25) is 0 Å². The van der Waals surface area contributed by atoms with Crippen LogP contribution in [0.4, 0.5) is 5.69 Å². The molecule has 3 saturated heterocycles. The summed E-state index contributed by atoms with van der Waals surface area (Å²) in [6, 6.07) is 11.2. The van der Waals surface area contributed by atoms with Crippen LogP contribution in [-0.4, -0.2) is 84.7 Å².